The highest BCUT2D eigenvalue weighted by molar-refractivity contribution is 7.18. The lowest BCUT2D eigenvalue weighted by molar-refractivity contribution is -0.149. The number of likely N-dealkylation sites (N-methyl/N-ethyl adjacent to an activating group) is 1. The first kappa shape index (κ1) is 20.0. The number of aryl methyl sites for hydroxylation is 2. The predicted molar refractivity (Wildman–Crippen MR) is 103 cm³/mol. The molecular weight excluding hydrogens is 384 g/mol. The number of imide groups is 1. The number of ether oxygens (including phenoxy) is 1. The fraction of sp³-hybridized carbons (Fsp3) is 0.500. The van der Waals surface area contributed by atoms with Crippen molar-refractivity contribution in [1.29, 1.82) is 0 Å². The average molecular weight is 406 g/mol. The number of thiophene rings is 1. The minimum Gasteiger partial charge on any atom is -0.454 e. The number of carbonyl (C=O) groups is 3. The van der Waals surface area contributed by atoms with Crippen LogP contribution in [0.15, 0.2) is 4.79 Å². The zero-order valence-electron chi connectivity index (χ0n) is 16.2. The second-order valence-corrected chi connectivity index (χ2v) is 8.04. The molecule has 0 aliphatic carbocycles. The molecule has 1 saturated heterocycles. The van der Waals surface area contributed by atoms with E-state index in [2.05, 4.69) is 9.97 Å². The van der Waals surface area contributed by atoms with Gasteiger partial charge in [-0.15, -0.1) is 11.3 Å². The number of aromatic amines is 1. The van der Waals surface area contributed by atoms with Crippen molar-refractivity contribution in [2.24, 2.45) is 0 Å². The molecule has 0 aromatic carbocycles. The number of rotatable bonds is 6. The van der Waals surface area contributed by atoms with E-state index >= 15 is 0 Å². The maximum absolute atomic E-state index is 12.3. The van der Waals surface area contributed by atoms with Crippen LogP contribution in [-0.4, -0.2) is 57.8 Å². The summed E-state index contributed by atoms with van der Waals surface area (Å²) in [5.74, 6) is -0.467. The third kappa shape index (κ3) is 3.77. The number of hydrogen-bond acceptors (Lipinski definition) is 7. The van der Waals surface area contributed by atoms with E-state index in [-0.39, 0.29) is 37.0 Å². The number of hydrogen-bond donors (Lipinski definition) is 1. The molecule has 0 bridgehead atoms. The fourth-order valence-electron chi connectivity index (χ4n) is 3.05. The van der Waals surface area contributed by atoms with Crippen molar-refractivity contribution in [1.82, 2.24) is 19.8 Å². The molecule has 3 rings (SSSR count). The Morgan fingerprint density at radius 2 is 2.04 bits per heavy atom. The Kier molecular flexibility index (Phi) is 5.50. The van der Waals surface area contributed by atoms with Crippen LogP contribution in [0.3, 0.4) is 0 Å². The van der Waals surface area contributed by atoms with Crippen molar-refractivity contribution in [2.75, 3.05) is 20.1 Å². The Morgan fingerprint density at radius 1 is 1.32 bits per heavy atom. The van der Waals surface area contributed by atoms with E-state index in [9.17, 15) is 19.2 Å². The number of fused-ring (bicyclic) bond motifs is 1. The molecule has 1 atom stereocenters. The van der Waals surface area contributed by atoms with Crippen LogP contribution in [0.4, 0.5) is 4.79 Å². The lowest BCUT2D eigenvalue weighted by Gasteiger charge is -2.15. The summed E-state index contributed by atoms with van der Waals surface area (Å²) in [6.45, 7) is 5.67. The summed E-state index contributed by atoms with van der Waals surface area (Å²) in [5, 5.41) is 0.565. The van der Waals surface area contributed by atoms with Crippen molar-refractivity contribution in [3.05, 3.63) is 26.6 Å². The fourth-order valence-corrected chi connectivity index (χ4v) is 4.08. The standard InChI is InChI=1S/C18H22N4O5S/c1-9-11(3)28-17-14(9)16(25)19-15(20-17)10(2)27-13(24)6-5-7-22-12(23)8-21(4)18(22)26/h10H,5-8H2,1-4H3,(H,19,20,25)/t10-/m1/s1. The number of urea groups is 1. The van der Waals surface area contributed by atoms with Crippen LogP contribution < -0.4 is 5.56 Å². The van der Waals surface area contributed by atoms with Crippen LogP contribution in [0.1, 0.15) is 42.1 Å². The highest BCUT2D eigenvalue weighted by Crippen LogP contribution is 2.27. The normalized spacial score (nSPS) is 15.6. The van der Waals surface area contributed by atoms with Crippen LogP contribution in [-0.2, 0) is 14.3 Å². The maximum atomic E-state index is 12.3. The predicted octanol–water partition coefficient (Wildman–Crippen LogP) is 1.88. The SMILES string of the molecule is Cc1sc2nc([C@@H](C)OC(=O)CCCN3C(=O)CN(C)C3=O)[nH]c(=O)c2c1C. The lowest BCUT2D eigenvalue weighted by Crippen LogP contribution is -2.32. The largest absolute Gasteiger partial charge is 0.454 e. The molecule has 28 heavy (non-hydrogen) atoms. The summed E-state index contributed by atoms with van der Waals surface area (Å²) in [4.78, 5) is 59.1. The number of H-pyrrole nitrogens is 1. The van der Waals surface area contributed by atoms with Gasteiger partial charge < -0.3 is 14.6 Å². The van der Waals surface area contributed by atoms with Gasteiger partial charge in [-0.25, -0.2) is 9.78 Å². The molecule has 0 spiro atoms. The molecule has 1 N–H and O–H groups in total. The third-order valence-corrected chi connectivity index (χ3v) is 5.85. The molecule has 3 amide bonds. The van der Waals surface area contributed by atoms with Crippen LogP contribution >= 0.6 is 11.3 Å². The minimum atomic E-state index is -0.714. The van der Waals surface area contributed by atoms with Crippen LogP contribution in [0.25, 0.3) is 10.2 Å². The lowest BCUT2D eigenvalue weighted by atomic mass is 10.2. The third-order valence-electron chi connectivity index (χ3n) is 4.74. The second kappa shape index (κ2) is 7.70. The molecule has 150 valence electrons. The van der Waals surface area contributed by atoms with Gasteiger partial charge in [-0.05, 0) is 32.8 Å². The van der Waals surface area contributed by atoms with Crippen molar-refractivity contribution in [3.8, 4) is 0 Å². The van der Waals surface area contributed by atoms with Crippen LogP contribution in [0.2, 0.25) is 0 Å². The summed E-state index contributed by atoms with van der Waals surface area (Å²) in [6, 6.07) is -0.358. The molecule has 3 heterocycles. The van der Waals surface area contributed by atoms with E-state index in [4.69, 9.17) is 4.74 Å². The number of amides is 3. The van der Waals surface area contributed by atoms with Gasteiger partial charge in [-0.3, -0.25) is 19.3 Å². The van der Waals surface area contributed by atoms with Crippen molar-refractivity contribution in [3.63, 3.8) is 0 Å². The topological polar surface area (TPSA) is 113 Å². The Morgan fingerprint density at radius 3 is 2.68 bits per heavy atom. The van der Waals surface area contributed by atoms with Gasteiger partial charge in [0, 0.05) is 24.9 Å². The molecule has 0 radical (unpaired) electrons. The van der Waals surface area contributed by atoms with Crippen molar-refractivity contribution < 1.29 is 19.1 Å². The van der Waals surface area contributed by atoms with E-state index in [1.165, 1.54) is 16.2 Å². The van der Waals surface area contributed by atoms with Crippen LogP contribution in [0.5, 0.6) is 0 Å². The van der Waals surface area contributed by atoms with Crippen LogP contribution in [0, 0.1) is 13.8 Å². The molecule has 2 aromatic rings. The number of esters is 1. The molecular formula is C18H22N4O5S. The molecule has 1 aliphatic heterocycles. The minimum absolute atomic E-state index is 0.0504. The van der Waals surface area contributed by atoms with E-state index in [0.717, 1.165) is 15.3 Å². The van der Waals surface area contributed by atoms with Gasteiger partial charge in [0.15, 0.2) is 11.9 Å². The zero-order chi connectivity index (χ0) is 20.6. The van der Waals surface area contributed by atoms with Gasteiger partial charge >= 0.3 is 12.0 Å². The van der Waals surface area contributed by atoms with Gasteiger partial charge in [0.05, 0.1) is 5.39 Å². The number of carbonyl (C=O) groups excluding carboxylic acids is 3. The summed E-state index contributed by atoms with van der Waals surface area (Å²) >= 11 is 1.43. The van der Waals surface area contributed by atoms with Gasteiger partial charge in [0.25, 0.3) is 5.56 Å². The van der Waals surface area contributed by atoms with E-state index in [0.29, 0.717) is 22.5 Å². The quantitative estimate of drug-likeness (QED) is 0.579. The molecule has 2 aromatic heterocycles. The summed E-state index contributed by atoms with van der Waals surface area (Å²) in [6.07, 6.45) is -0.355. The smallest absolute Gasteiger partial charge is 0.326 e. The molecule has 1 aliphatic rings. The number of nitrogens with one attached hydrogen (secondary N) is 1. The van der Waals surface area contributed by atoms with Gasteiger partial charge in [0.1, 0.15) is 11.4 Å². The highest BCUT2D eigenvalue weighted by atomic mass is 32.1. The first-order valence-electron chi connectivity index (χ1n) is 8.94. The first-order valence-corrected chi connectivity index (χ1v) is 9.75. The van der Waals surface area contributed by atoms with E-state index in [1.54, 1.807) is 14.0 Å². The second-order valence-electron chi connectivity index (χ2n) is 6.83. The molecule has 1 fully saturated rings. The summed E-state index contributed by atoms with van der Waals surface area (Å²) in [7, 11) is 1.55. The van der Waals surface area contributed by atoms with Gasteiger partial charge in [0.2, 0.25) is 5.91 Å². The molecule has 10 heteroatoms. The summed E-state index contributed by atoms with van der Waals surface area (Å²) < 4.78 is 5.35. The first-order chi connectivity index (χ1) is 13.2. The van der Waals surface area contributed by atoms with Gasteiger partial charge in [-0.1, -0.05) is 0 Å². The monoisotopic (exact) mass is 406 g/mol. The van der Waals surface area contributed by atoms with E-state index < -0.39 is 12.1 Å². The van der Waals surface area contributed by atoms with Crippen molar-refractivity contribution in [2.45, 2.75) is 39.7 Å². The average Bonchev–Trinajstić information content (AvgIpc) is 3.04. The summed E-state index contributed by atoms with van der Waals surface area (Å²) in [5.41, 5.74) is 0.654. The highest BCUT2D eigenvalue weighted by Gasteiger charge is 2.33. The maximum Gasteiger partial charge on any atom is 0.326 e. The Hall–Kier alpha value is -2.75. The zero-order valence-corrected chi connectivity index (χ0v) is 17.0. The molecule has 0 saturated carbocycles. The molecule has 0 unspecified atom stereocenters. The Labute approximate surface area is 165 Å². The molecule has 9 nitrogen and oxygen atoms in total. The van der Waals surface area contributed by atoms with Gasteiger partial charge in [-0.2, -0.15) is 0 Å². The van der Waals surface area contributed by atoms with E-state index in [1.807, 2.05) is 13.8 Å². The Balaban J connectivity index is 1.59. The number of nitrogens with zero attached hydrogens (tertiary/aromatic N) is 3. The van der Waals surface area contributed by atoms with Crippen molar-refractivity contribution >= 4 is 39.5 Å². The Bertz CT molecular complexity index is 1010. The number of aromatic nitrogens is 2.